The molecule has 0 amide bonds. The molecule has 0 aromatic rings. The fourth-order valence-corrected chi connectivity index (χ4v) is 11.7. The Kier molecular flexibility index (Phi) is 6.99. The van der Waals surface area contributed by atoms with Crippen molar-refractivity contribution < 1.29 is 24.4 Å². The number of esters is 1. The smallest absolute Gasteiger partial charge is 0.302 e. The lowest BCUT2D eigenvalue weighted by atomic mass is 9.31. The van der Waals surface area contributed by atoms with Crippen LogP contribution in [0.15, 0.2) is 11.1 Å². The molecule has 0 spiro atoms. The van der Waals surface area contributed by atoms with Gasteiger partial charge in [-0.3, -0.25) is 19.7 Å². The highest BCUT2D eigenvalue weighted by molar-refractivity contribution is 6.00. The molecule has 5 aliphatic rings. The van der Waals surface area contributed by atoms with Crippen LogP contribution in [0.25, 0.3) is 0 Å². The number of nitro groups is 1. The first-order valence-electron chi connectivity index (χ1n) is 15.9. The number of hydrogen-bond acceptors (Lipinski definition) is 7. The number of ether oxygens (including phenoxy) is 1. The standard InChI is InChI=1S/C33H52N2O6/c1-19(2)26-22(37)17-32(24(38)18-35(39)40)15-13-29(6)21(27(26)32)9-10-23-30(29,7)14-16-33(34)28(4,5)25(41-20(3)36)11-12-31(23,33)8/h19,21,23-25,38H,9-18,34H2,1-8H3/t21?,23-,24?,25?,29+,30?,31?,32?,33+/m0/s1. The molecule has 0 bridgehead atoms. The molecule has 0 saturated heterocycles. The number of Topliss-reactive ketones (excluding diaryl/α,β-unsaturated/α-hetero) is 1. The zero-order valence-corrected chi connectivity index (χ0v) is 26.5. The molecule has 230 valence electrons. The fraction of sp³-hybridized carbons (Fsp3) is 0.879. The molecule has 4 fully saturated rings. The zero-order valence-electron chi connectivity index (χ0n) is 26.5. The summed E-state index contributed by atoms with van der Waals surface area (Å²) in [4.78, 5) is 36.7. The Morgan fingerprint density at radius 2 is 1.66 bits per heavy atom. The predicted octanol–water partition coefficient (Wildman–Crippen LogP) is 5.62. The molecule has 0 aliphatic heterocycles. The van der Waals surface area contributed by atoms with Gasteiger partial charge in [-0.1, -0.05) is 54.0 Å². The van der Waals surface area contributed by atoms with Crippen LogP contribution < -0.4 is 5.73 Å². The lowest BCUT2D eigenvalue weighted by molar-refractivity contribution is -0.494. The maximum absolute atomic E-state index is 13.6. The molecule has 0 heterocycles. The molecule has 41 heavy (non-hydrogen) atoms. The van der Waals surface area contributed by atoms with Crippen LogP contribution in [0, 0.1) is 54.9 Å². The summed E-state index contributed by atoms with van der Waals surface area (Å²) in [5, 5.41) is 22.9. The Bertz CT molecular complexity index is 1190. The van der Waals surface area contributed by atoms with E-state index in [2.05, 4.69) is 34.6 Å². The second-order valence-electron chi connectivity index (χ2n) is 16.0. The Labute approximate surface area is 245 Å². The van der Waals surface area contributed by atoms with Crippen LogP contribution >= 0.6 is 0 Å². The monoisotopic (exact) mass is 572 g/mol. The SMILES string of the molecule is CC(=O)OC1CCC2(C)[C@H]3CCC4C5=C(C(C)C)C(=O)CC5(C(O)C[N+](=O)[O-])CC[C@@]4(C)C3(C)CC[C@@]2(N)C1(C)C. The van der Waals surface area contributed by atoms with E-state index < -0.39 is 28.5 Å². The number of nitrogens with zero attached hydrogens (tertiary/aromatic N) is 1. The minimum atomic E-state index is -1.17. The van der Waals surface area contributed by atoms with Gasteiger partial charge in [-0.2, -0.15) is 0 Å². The topological polar surface area (TPSA) is 133 Å². The summed E-state index contributed by atoms with van der Waals surface area (Å²) in [5.41, 5.74) is 7.36. The van der Waals surface area contributed by atoms with Crippen LogP contribution in [-0.4, -0.2) is 46.1 Å². The van der Waals surface area contributed by atoms with E-state index in [0.29, 0.717) is 12.3 Å². The van der Waals surface area contributed by atoms with Crippen LogP contribution in [0.1, 0.15) is 113 Å². The number of hydrogen-bond donors (Lipinski definition) is 2. The lowest BCUT2D eigenvalue weighted by Crippen LogP contribution is -2.77. The van der Waals surface area contributed by atoms with Gasteiger partial charge in [0.25, 0.3) is 0 Å². The van der Waals surface area contributed by atoms with Gasteiger partial charge in [0.1, 0.15) is 12.2 Å². The van der Waals surface area contributed by atoms with Gasteiger partial charge in [0.05, 0.1) is 0 Å². The lowest BCUT2D eigenvalue weighted by Gasteiger charge is -2.75. The molecule has 8 nitrogen and oxygen atoms in total. The molecule has 3 N–H and O–H groups in total. The van der Waals surface area contributed by atoms with Crippen LogP contribution in [0.3, 0.4) is 0 Å². The van der Waals surface area contributed by atoms with Gasteiger partial charge >= 0.3 is 5.97 Å². The summed E-state index contributed by atoms with van der Waals surface area (Å²) in [7, 11) is 0. The first-order chi connectivity index (χ1) is 18.8. The summed E-state index contributed by atoms with van der Waals surface area (Å²) >= 11 is 0. The molecular formula is C33H52N2O6. The first-order valence-corrected chi connectivity index (χ1v) is 15.9. The van der Waals surface area contributed by atoms with E-state index in [1.807, 2.05) is 13.8 Å². The Hall–Kier alpha value is -1.80. The minimum absolute atomic E-state index is 0.00739. The maximum atomic E-state index is 13.6. The quantitative estimate of drug-likeness (QED) is 0.248. The second-order valence-corrected chi connectivity index (χ2v) is 16.0. The zero-order chi connectivity index (χ0) is 30.6. The average Bonchev–Trinajstić information content (AvgIpc) is 3.17. The van der Waals surface area contributed by atoms with Crippen molar-refractivity contribution in [1.82, 2.24) is 0 Å². The number of carbonyl (C=O) groups is 2. The van der Waals surface area contributed by atoms with Gasteiger partial charge < -0.3 is 15.6 Å². The van der Waals surface area contributed by atoms with Gasteiger partial charge in [0.2, 0.25) is 6.54 Å². The number of aliphatic hydroxyl groups is 1. The van der Waals surface area contributed by atoms with Crippen molar-refractivity contribution in [2.75, 3.05) is 6.54 Å². The molecule has 0 aromatic heterocycles. The molecule has 9 atom stereocenters. The highest BCUT2D eigenvalue weighted by atomic mass is 16.6. The minimum Gasteiger partial charge on any atom is -0.462 e. The number of rotatable bonds is 5. The van der Waals surface area contributed by atoms with E-state index in [4.69, 9.17) is 10.5 Å². The highest BCUT2D eigenvalue weighted by Gasteiger charge is 2.74. The predicted molar refractivity (Wildman–Crippen MR) is 156 cm³/mol. The van der Waals surface area contributed by atoms with Crippen molar-refractivity contribution in [2.45, 2.75) is 131 Å². The largest absolute Gasteiger partial charge is 0.462 e. The van der Waals surface area contributed by atoms with Gasteiger partial charge in [-0.25, -0.2) is 0 Å². The van der Waals surface area contributed by atoms with E-state index in [0.717, 1.165) is 56.1 Å². The average molecular weight is 573 g/mol. The number of allylic oxidation sites excluding steroid dienone is 1. The van der Waals surface area contributed by atoms with Crippen LogP contribution in [-0.2, 0) is 14.3 Å². The van der Waals surface area contributed by atoms with Crippen molar-refractivity contribution in [3.63, 3.8) is 0 Å². The molecule has 5 rings (SSSR count). The third-order valence-corrected chi connectivity index (χ3v) is 14.2. The van der Waals surface area contributed by atoms with E-state index in [9.17, 15) is 24.8 Å². The fourth-order valence-electron chi connectivity index (χ4n) is 11.7. The molecule has 0 aromatic carbocycles. The Balaban J connectivity index is 1.59. The summed E-state index contributed by atoms with van der Waals surface area (Å²) < 4.78 is 5.86. The van der Waals surface area contributed by atoms with E-state index in [-0.39, 0.29) is 57.8 Å². The number of ketones is 1. The highest BCUT2D eigenvalue weighted by Crippen LogP contribution is 2.77. The summed E-state index contributed by atoms with van der Waals surface area (Å²) in [5.74, 6) is 0.268. The van der Waals surface area contributed by atoms with Crippen molar-refractivity contribution >= 4 is 11.8 Å². The summed E-state index contributed by atoms with van der Waals surface area (Å²) in [6, 6.07) is 0. The van der Waals surface area contributed by atoms with Crippen LogP contribution in [0.5, 0.6) is 0 Å². The first kappa shape index (κ1) is 30.7. The maximum Gasteiger partial charge on any atom is 0.302 e. The molecule has 5 aliphatic carbocycles. The Morgan fingerprint density at radius 1 is 1.02 bits per heavy atom. The van der Waals surface area contributed by atoms with E-state index in [1.165, 1.54) is 6.92 Å². The van der Waals surface area contributed by atoms with Crippen molar-refractivity contribution in [1.29, 1.82) is 0 Å². The van der Waals surface area contributed by atoms with Crippen molar-refractivity contribution in [3.05, 3.63) is 21.3 Å². The molecule has 8 heteroatoms. The summed E-state index contributed by atoms with van der Waals surface area (Å²) in [6.45, 7) is 16.7. The molecule has 4 saturated carbocycles. The molecular weight excluding hydrogens is 520 g/mol. The normalized spacial score (nSPS) is 45.8. The third kappa shape index (κ3) is 3.77. The van der Waals surface area contributed by atoms with Gasteiger partial charge in [-0.05, 0) is 90.9 Å². The van der Waals surface area contributed by atoms with Crippen LogP contribution in [0.4, 0.5) is 0 Å². The van der Waals surface area contributed by atoms with Gasteiger partial charge in [0, 0.05) is 34.6 Å². The van der Waals surface area contributed by atoms with Crippen molar-refractivity contribution in [3.8, 4) is 0 Å². The second kappa shape index (κ2) is 9.35. The van der Waals surface area contributed by atoms with Gasteiger partial charge in [-0.15, -0.1) is 0 Å². The Morgan fingerprint density at radius 3 is 2.24 bits per heavy atom. The van der Waals surface area contributed by atoms with Crippen LogP contribution in [0.2, 0.25) is 0 Å². The van der Waals surface area contributed by atoms with E-state index >= 15 is 0 Å². The van der Waals surface area contributed by atoms with Crippen molar-refractivity contribution in [2.24, 2.45) is 50.6 Å². The number of nitrogens with two attached hydrogens (primary N) is 1. The van der Waals surface area contributed by atoms with E-state index in [1.54, 1.807) is 0 Å². The number of aliphatic hydroxyl groups excluding tert-OH is 1. The number of carbonyl (C=O) groups excluding carboxylic acids is 2. The molecule has 6 unspecified atom stereocenters. The van der Waals surface area contributed by atoms with Gasteiger partial charge in [0.15, 0.2) is 5.78 Å². The molecule has 0 radical (unpaired) electrons. The third-order valence-electron chi connectivity index (χ3n) is 14.2. The summed E-state index contributed by atoms with van der Waals surface area (Å²) in [6.07, 6.45) is 5.55. The number of fused-ring (bicyclic) bond motifs is 7.